The molecule has 0 aliphatic carbocycles. The molecule has 5 heteroatoms. The molecule has 0 aliphatic rings. The van der Waals surface area contributed by atoms with Crippen molar-refractivity contribution in [1.29, 1.82) is 0 Å². The number of benzene rings is 1. The molecule has 0 saturated carbocycles. The third-order valence-corrected chi connectivity index (χ3v) is 2.49. The molecule has 2 rings (SSSR count). The summed E-state index contributed by atoms with van der Waals surface area (Å²) in [5.41, 5.74) is 1.57. The van der Waals surface area contributed by atoms with Gasteiger partial charge in [0.25, 0.3) is 0 Å². The highest BCUT2D eigenvalue weighted by Gasteiger charge is 2.00. The molecule has 92 valence electrons. The van der Waals surface area contributed by atoms with Crippen molar-refractivity contribution in [2.45, 2.75) is 6.92 Å². The fraction of sp³-hybridized carbons (Fsp3) is 0.154. The first kappa shape index (κ1) is 12.0. The number of hydrogen-bond acceptors (Lipinski definition) is 5. The van der Waals surface area contributed by atoms with Gasteiger partial charge >= 0.3 is 0 Å². The Labute approximate surface area is 105 Å². The van der Waals surface area contributed by atoms with Crippen molar-refractivity contribution >= 4 is 23.1 Å². The summed E-state index contributed by atoms with van der Waals surface area (Å²) in [5.74, 6) is 1.50. The second-order valence-electron chi connectivity index (χ2n) is 3.80. The van der Waals surface area contributed by atoms with Gasteiger partial charge in [-0.15, -0.1) is 0 Å². The quantitative estimate of drug-likeness (QED) is 0.806. The molecule has 5 nitrogen and oxygen atoms in total. The number of carbonyl (C=O) groups excluding carboxylic acids is 1. The van der Waals surface area contributed by atoms with Crippen molar-refractivity contribution in [2.24, 2.45) is 0 Å². The first-order chi connectivity index (χ1) is 8.69. The lowest BCUT2D eigenvalue weighted by Crippen LogP contribution is -1.98. The number of carbonyl (C=O) groups is 1. The molecule has 2 N–H and O–H groups in total. The van der Waals surface area contributed by atoms with E-state index in [-0.39, 0.29) is 5.78 Å². The van der Waals surface area contributed by atoms with Gasteiger partial charge in [-0.2, -0.15) is 0 Å². The number of Topliss-reactive ketones (excluding diaryl/α,β-unsaturated/α-hetero) is 1. The van der Waals surface area contributed by atoms with E-state index in [9.17, 15) is 4.79 Å². The molecule has 18 heavy (non-hydrogen) atoms. The zero-order chi connectivity index (χ0) is 13.0. The Kier molecular flexibility index (Phi) is 3.52. The predicted octanol–water partition coefficient (Wildman–Crippen LogP) is 2.46. The van der Waals surface area contributed by atoms with Gasteiger partial charge in [-0.1, -0.05) is 0 Å². The normalized spacial score (nSPS) is 9.89. The molecule has 1 aromatic carbocycles. The number of nitrogens with one attached hydrogen (secondary N) is 2. The van der Waals surface area contributed by atoms with Crippen LogP contribution in [0.25, 0.3) is 0 Å². The summed E-state index contributed by atoms with van der Waals surface area (Å²) >= 11 is 0. The second-order valence-corrected chi connectivity index (χ2v) is 3.80. The summed E-state index contributed by atoms with van der Waals surface area (Å²) < 4.78 is 0. The maximum Gasteiger partial charge on any atom is 0.159 e. The summed E-state index contributed by atoms with van der Waals surface area (Å²) in [6, 6.07) is 9.06. The molecule has 0 amide bonds. The molecule has 1 heterocycles. The standard InChI is InChI=1S/C13H14N4O/c1-9(18)10-3-5-11(6-4-10)17-13-7-12(14-2)15-8-16-13/h3-8H,1-2H3,(H2,14,15,16,17). The monoisotopic (exact) mass is 242 g/mol. The third kappa shape index (κ3) is 2.82. The number of ketones is 1. The van der Waals surface area contributed by atoms with E-state index in [0.29, 0.717) is 11.4 Å². The minimum absolute atomic E-state index is 0.0565. The highest BCUT2D eigenvalue weighted by Crippen LogP contribution is 2.16. The largest absolute Gasteiger partial charge is 0.373 e. The Balaban J connectivity index is 2.15. The summed E-state index contributed by atoms with van der Waals surface area (Å²) in [6.07, 6.45) is 1.48. The van der Waals surface area contributed by atoms with Crippen LogP contribution in [0.2, 0.25) is 0 Å². The van der Waals surface area contributed by atoms with E-state index in [4.69, 9.17) is 0 Å². The van der Waals surface area contributed by atoms with Crippen LogP contribution in [-0.4, -0.2) is 22.8 Å². The summed E-state index contributed by atoms with van der Waals surface area (Å²) in [5, 5.41) is 6.08. The topological polar surface area (TPSA) is 66.9 Å². The van der Waals surface area contributed by atoms with Gasteiger partial charge in [-0.25, -0.2) is 9.97 Å². The maximum absolute atomic E-state index is 11.1. The Morgan fingerprint density at radius 2 is 1.78 bits per heavy atom. The Morgan fingerprint density at radius 1 is 1.11 bits per heavy atom. The first-order valence-corrected chi connectivity index (χ1v) is 5.57. The van der Waals surface area contributed by atoms with Crippen LogP contribution in [0.4, 0.5) is 17.3 Å². The van der Waals surface area contributed by atoms with Crippen LogP contribution in [0, 0.1) is 0 Å². The summed E-state index contributed by atoms with van der Waals surface area (Å²) in [6.45, 7) is 1.55. The second kappa shape index (κ2) is 5.27. The van der Waals surface area contributed by atoms with Gasteiger partial charge in [0.2, 0.25) is 0 Å². The zero-order valence-electron chi connectivity index (χ0n) is 10.3. The number of anilines is 3. The molecule has 0 fully saturated rings. The number of nitrogens with zero attached hydrogens (tertiary/aromatic N) is 2. The lowest BCUT2D eigenvalue weighted by atomic mass is 10.1. The number of hydrogen-bond donors (Lipinski definition) is 2. The van der Waals surface area contributed by atoms with Crippen LogP contribution in [0.1, 0.15) is 17.3 Å². The van der Waals surface area contributed by atoms with Crippen LogP contribution in [0.3, 0.4) is 0 Å². The van der Waals surface area contributed by atoms with Crippen LogP contribution in [-0.2, 0) is 0 Å². The van der Waals surface area contributed by atoms with Gasteiger partial charge in [0, 0.05) is 24.4 Å². The van der Waals surface area contributed by atoms with E-state index in [0.717, 1.165) is 11.5 Å². The van der Waals surface area contributed by atoms with Crippen molar-refractivity contribution in [3.63, 3.8) is 0 Å². The van der Waals surface area contributed by atoms with Crippen LogP contribution >= 0.6 is 0 Å². The Hall–Kier alpha value is -2.43. The van der Waals surface area contributed by atoms with E-state index in [1.165, 1.54) is 6.33 Å². The maximum atomic E-state index is 11.1. The van der Waals surface area contributed by atoms with Crippen LogP contribution < -0.4 is 10.6 Å². The molecule has 0 atom stereocenters. The third-order valence-electron chi connectivity index (χ3n) is 2.49. The lowest BCUT2D eigenvalue weighted by molar-refractivity contribution is 0.101. The number of rotatable bonds is 4. The number of aromatic nitrogens is 2. The molecular weight excluding hydrogens is 228 g/mol. The fourth-order valence-electron chi connectivity index (χ4n) is 1.50. The van der Waals surface area contributed by atoms with E-state index < -0.39 is 0 Å². The van der Waals surface area contributed by atoms with Gasteiger partial charge in [-0.05, 0) is 31.2 Å². The molecule has 2 aromatic rings. The molecule has 1 aromatic heterocycles. The molecule has 0 unspecified atom stereocenters. The summed E-state index contributed by atoms with van der Waals surface area (Å²) in [7, 11) is 1.80. The fourth-order valence-corrected chi connectivity index (χ4v) is 1.50. The van der Waals surface area contributed by atoms with Crippen molar-refractivity contribution in [1.82, 2.24) is 9.97 Å². The highest BCUT2D eigenvalue weighted by molar-refractivity contribution is 5.94. The van der Waals surface area contributed by atoms with Crippen molar-refractivity contribution < 1.29 is 4.79 Å². The Morgan fingerprint density at radius 3 is 2.39 bits per heavy atom. The molecule has 0 bridgehead atoms. The minimum Gasteiger partial charge on any atom is -0.373 e. The predicted molar refractivity (Wildman–Crippen MR) is 71.3 cm³/mol. The molecule has 0 radical (unpaired) electrons. The van der Waals surface area contributed by atoms with Crippen LogP contribution in [0.15, 0.2) is 36.7 Å². The van der Waals surface area contributed by atoms with E-state index in [1.54, 1.807) is 32.2 Å². The van der Waals surface area contributed by atoms with Crippen molar-refractivity contribution in [2.75, 3.05) is 17.7 Å². The molecule has 0 spiro atoms. The molecule has 0 aliphatic heterocycles. The van der Waals surface area contributed by atoms with Gasteiger partial charge in [0.05, 0.1) is 0 Å². The average Bonchev–Trinajstić information content (AvgIpc) is 2.39. The smallest absolute Gasteiger partial charge is 0.159 e. The first-order valence-electron chi connectivity index (χ1n) is 5.57. The van der Waals surface area contributed by atoms with Crippen molar-refractivity contribution in [3.8, 4) is 0 Å². The summed E-state index contributed by atoms with van der Waals surface area (Å²) in [4.78, 5) is 19.3. The minimum atomic E-state index is 0.0565. The highest BCUT2D eigenvalue weighted by atomic mass is 16.1. The average molecular weight is 242 g/mol. The lowest BCUT2D eigenvalue weighted by Gasteiger charge is -2.07. The van der Waals surface area contributed by atoms with E-state index in [1.807, 2.05) is 12.1 Å². The van der Waals surface area contributed by atoms with E-state index >= 15 is 0 Å². The van der Waals surface area contributed by atoms with Crippen LogP contribution in [0.5, 0.6) is 0 Å². The van der Waals surface area contributed by atoms with Gasteiger partial charge in [0.15, 0.2) is 5.78 Å². The van der Waals surface area contributed by atoms with Gasteiger partial charge in [-0.3, -0.25) is 4.79 Å². The van der Waals surface area contributed by atoms with Crippen molar-refractivity contribution in [3.05, 3.63) is 42.2 Å². The Bertz CT molecular complexity index is 551. The van der Waals surface area contributed by atoms with Gasteiger partial charge < -0.3 is 10.6 Å². The molecular formula is C13H14N4O. The van der Waals surface area contributed by atoms with E-state index in [2.05, 4.69) is 20.6 Å². The zero-order valence-corrected chi connectivity index (χ0v) is 10.3. The SMILES string of the molecule is CNc1cc(Nc2ccc(C(C)=O)cc2)ncn1. The van der Waals surface area contributed by atoms with Gasteiger partial charge in [0.1, 0.15) is 18.0 Å². The molecule has 0 saturated heterocycles.